The summed E-state index contributed by atoms with van der Waals surface area (Å²) in [7, 11) is -3.65. The van der Waals surface area contributed by atoms with E-state index in [4.69, 9.17) is 5.11 Å². The lowest BCUT2D eigenvalue weighted by atomic mass is 10.1. The van der Waals surface area contributed by atoms with Crippen molar-refractivity contribution in [3.8, 4) is 0 Å². The molecular weight excluding hydrogens is 290 g/mol. The number of carboxylic acid groups (broad SMARTS) is 1. The average molecular weight is 311 g/mol. The van der Waals surface area contributed by atoms with Crippen molar-refractivity contribution in [1.29, 1.82) is 0 Å². The Balaban J connectivity index is 2.53. The van der Waals surface area contributed by atoms with E-state index < -0.39 is 16.0 Å². The molecule has 21 heavy (non-hydrogen) atoms. The van der Waals surface area contributed by atoms with E-state index >= 15 is 0 Å². The second-order valence-corrected chi connectivity index (χ2v) is 7.60. The number of hydrogen-bond donors (Lipinski definition) is 1. The van der Waals surface area contributed by atoms with E-state index in [1.807, 2.05) is 20.8 Å². The van der Waals surface area contributed by atoms with Crippen LogP contribution in [0.4, 0.5) is 0 Å². The van der Waals surface area contributed by atoms with Crippen molar-refractivity contribution in [3.05, 3.63) is 29.3 Å². The van der Waals surface area contributed by atoms with Gasteiger partial charge < -0.3 is 5.11 Å². The van der Waals surface area contributed by atoms with Crippen LogP contribution < -0.4 is 0 Å². The summed E-state index contributed by atoms with van der Waals surface area (Å²) < 4.78 is 27.3. The Morgan fingerprint density at radius 1 is 1.38 bits per heavy atom. The summed E-state index contributed by atoms with van der Waals surface area (Å²) in [6.07, 6.45) is 1.38. The Bertz CT molecular complexity index is 654. The van der Waals surface area contributed by atoms with Gasteiger partial charge in [0.05, 0.1) is 10.5 Å². The Labute approximate surface area is 125 Å². The normalized spacial score (nSPS) is 23.4. The zero-order chi connectivity index (χ0) is 15.8. The second kappa shape index (κ2) is 5.77. The van der Waals surface area contributed by atoms with Crippen LogP contribution in [0.15, 0.2) is 23.1 Å². The van der Waals surface area contributed by atoms with Crippen LogP contribution in [0.2, 0.25) is 0 Å². The fraction of sp³-hybridized carbons (Fsp3) is 0.533. The molecule has 2 rings (SSSR count). The summed E-state index contributed by atoms with van der Waals surface area (Å²) in [5.41, 5.74) is 0.664. The fourth-order valence-corrected chi connectivity index (χ4v) is 5.03. The SMILES string of the molecule is CCc1ccc(C(=O)O)cc1S(=O)(=O)N1CC(C)CC1C. The van der Waals surface area contributed by atoms with Gasteiger partial charge in [-0.05, 0) is 43.4 Å². The molecule has 0 saturated carbocycles. The maximum Gasteiger partial charge on any atom is 0.335 e. The third-order valence-corrected chi connectivity index (χ3v) is 6.07. The molecule has 0 aliphatic carbocycles. The molecule has 1 heterocycles. The minimum Gasteiger partial charge on any atom is -0.478 e. The van der Waals surface area contributed by atoms with Crippen LogP contribution in [-0.2, 0) is 16.4 Å². The van der Waals surface area contributed by atoms with E-state index in [-0.39, 0.29) is 16.5 Å². The van der Waals surface area contributed by atoms with Gasteiger partial charge in [0.15, 0.2) is 0 Å². The van der Waals surface area contributed by atoms with Crippen LogP contribution in [0.3, 0.4) is 0 Å². The predicted octanol–water partition coefficient (Wildman–Crippen LogP) is 2.37. The lowest BCUT2D eigenvalue weighted by Crippen LogP contribution is -2.34. The summed E-state index contributed by atoms with van der Waals surface area (Å²) in [5.74, 6) is -0.792. The van der Waals surface area contributed by atoms with Gasteiger partial charge in [-0.1, -0.05) is 19.9 Å². The van der Waals surface area contributed by atoms with Crippen molar-refractivity contribution in [2.75, 3.05) is 6.54 Å². The van der Waals surface area contributed by atoms with Gasteiger partial charge in [0, 0.05) is 12.6 Å². The maximum atomic E-state index is 12.9. The number of sulfonamides is 1. The molecule has 0 aromatic heterocycles. The number of carbonyl (C=O) groups is 1. The number of hydrogen-bond acceptors (Lipinski definition) is 3. The van der Waals surface area contributed by atoms with Gasteiger partial charge in [-0.2, -0.15) is 4.31 Å². The number of nitrogens with zero attached hydrogens (tertiary/aromatic N) is 1. The van der Waals surface area contributed by atoms with Gasteiger partial charge in [-0.15, -0.1) is 0 Å². The highest BCUT2D eigenvalue weighted by Gasteiger charge is 2.37. The van der Waals surface area contributed by atoms with E-state index in [9.17, 15) is 13.2 Å². The molecule has 6 heteroatoms. The van der Waals surface area contributed by atoms with Gasteiger partial charge in [0.2, 0.25) is 10.0 Å². The standard InChI is InChI=1S/C15H21NO4S/c1-4-12-5-6-13(15(17)18)8-14(12)21(19,20)16-9-10(2)7-11(16)3/h5-6,8,10-11H,4,7,9H2,1-3H3,(H,17,18). The molecule has 0 bridgehead atoms. The van der Waals surface area contributed by atoms with Gasteiger partial charge in [0.25, 0.3) is 0 Å². The molecule has 1 aromatic carbocycles. The highest BCUT2D eigenvalue weighted by molar-refractivity contribution is 7.89. The smallest absolute Gasteiger partial charge is 0.335 e. The molecule has 1 aromatic rings. The molecule has 1 aliphatic rings. The Hall–Kier alpha value is -1.40. The molecule has 0 amide bonds. The minimum absolute atomic E-state index is 0.00525. The molecule has 116 valence electrons. The van der Waals surface area contributed by atoms with E-state index in [0.29, 0.717) is 24.4 Å². The first-order valence-corrected chi connectivity index (χ1v) is 8.59. The number of aryl methyl sites for hydroxylation is 1. The number of rotatable bonds is 4. The van der Waals surface area contributed by atoms with Crippen molar-refractivity contribution in [1.82, 2.24) is 4.31 Å². The first-order valence-electron chi connectivity index (χ1n) is 7.15. The molecule has 1 N–H and O–H groups in total. The van der Waals surface area contributed by atoms with E-state index in [2.05, 4.69) is 0 Å². The number of benzene rings is 1. The molecule has 1 fully saturated rings. The highest BCUT2D eigenvalue weighted by atomic mass is 32.2. The third-order valence-electron chi connectivity index (χ3n) is 4.01. The molecule has 2 unspecified atom stereocenters. The fourth-order valence-electron chi connectivity index (χ4n) is 2.94. The van der Waals surface area contributed by atoms with Crippen molar-refractivity contribution in [2.45, 2.75) is 44.6 Å². The minimum atomic E-state index is -3.65. The summed E-state index contributed by atoms with van der Waals surface area (Å²) in [6.45, 7) is 6.28. The monoisotopic (exact) mass is 311 g/mol. The van der Waals surface area contributed by atoms with Crippen LogP contribution >= 0.6 is 0 Å². The van der Waals surface area contributed by atoms with Crippen LogP contribution in [0, 0.1) is 5.92 Å². The molecule has 1 saturated heterocycles. The lowest BCUT2D eigenvalue weighted by Gasteiger charge is -2.22. The van der Waals surface area contributed by atoms with Crippen LogP contribution in [0.25, 0.3) is 0 Å². The van der Waals surface area contributed by atoms with Gasteiger partial charge >= 0.3 is 5.97 Å². The van der Waals surface area contributed by atoms with Crippen LogP contribution in [0.1, 0.15) is 43.1 Å². The first kappa shape index (κ1) is 16.0. The molecule has 5 nitrogen and oxygen atoms in total. The maximum absolute atomic E-state index is 12.9. The lowest BCUT2D eigenvalue weighted by molar-refractivity contribution is 0.0696. The molecule has 0 spiro atoms. The summed E-state index contributed by atoms with van der Waals surface area (Å²) in [6, 6.07) is 4.28. The highest BCUT2D eigenvalue weighted by Crippen LogP contribution is 2.31. The van der Waals surface area contributed by atoms with Crippen molar-refractivity contribution in [3.63, 3.8) is 0 Å². The quantitative estimate of drug-likeness (QED) is 0.926. The number of aromatic carboxylic acids is 1. The van der Waals surface area contributed by atoms with Crippen molar-refractivity contribution >= 4 is 16.0 Å². The summed E-state index contributed by atoms with van der Waals surface area (Å²) in [4.78, 5) is 11.2. The molecular formula is C15H21NO4S. The zero-order valence-corrected chi connectivity index (χ0v) is 13.4. The van der Waals surface area contributed by atoms with E-state index in [1.165, 1.54) is 16.4 Å². The van der Waals surface area contributed by atoms with Gasteiger partial charge in [-0.25, -0.2) is 13.2 Å². The predicted molar refractivity (Wildman–Crippen MR) is 79.9 cm³/mol. The van der Waals surface area contributed by atoms with Crippen molar-refractivity contribution < 1.29 is 18.3 Å². The zero-order valence-electron chi connectivity index (χ0n) is 12.5. The van der Waals surface area contributed by atoms with Crippen LogP contribution in [0.5, 0.6) is 0 Å². The average Bonchev–Trinajstić information content (AvgIpc) is 2.77. The van der Waals surface area contributed by atoms with Gasteiger partial charge in [0.1, 0.15) is 0 Å². The Morgan fingerprint density at radius 3 is 2.52 bits per heavy atom. The second-order valence-electron chi connectivity index (χ2n) is 5.75. The first-order chi connectivity index (χ1) is 9.77. The third kappa shape index (κ3) is 2.96. The molecule has 0 radical (unpaired) electrons. The van der Waals surface area contributed by atoms with E-state index in [0.717, 1.165) is 6.42 Å². The summed E-state index contributed by atoms with van der Waals surface area (Å²) >= 11 is 0. The largest absolute Gasteiger partial charge is 0.478 e. The number of carboxylic acids is 1. The summed E-state index contributed by atoms with van der Waals surface area (Å²) in [5, 5.41) is 9.09. The molecule has 2 atom stereocenters. The van der Waals surface area contributed by atoms with Crippen molar-refractivity contribution in [2.24, 2.45) is 5.92 Å². The Morgan fingerprint density at radius 2 is 2.05 bits per heavy atom. The molecule has 1 aliphatic heterocycles. The van der Waals surface area contributed by atoms with E-state index in [1.54, 1.807) is 6.07 Å². The van der Waals surface area contributed by atoms with Crippen LogP contribution in [-0.4, -0.2) is 36.4 Å². The topological polar surface area (TPSA) is 74.7 Å². The van der Waals surface area contributed by atoms with Gasteiger partial charge in [-0.3, -0.25) is 0 Å². The Kier molecular flexibility index (Phi) is 4.39.